The average Bonchev–Trinajstić information content (AvgIpc) is 2.49. The summed E-state index contributed by atoms with van der Waals surface area (Å²) in [5, 5.41) is 0. The fourth-order valence-corrected chi connectivity index (χ4v) is 2.27. The van der Waals surface area contributed by atoms with Gasteiger partial charge in [0.05, 0.1) is 5.69 Å². The number of hydrogen-bond acceptors (Lipinski definition) is 3. The lowest BCUT2D eigenvalue weighted by Gasteiger charge is -2.27. The molecule has 0 spiro atoms. The molecule has 0 saturated carbocycles. The van der Waals surface area contributed by atoms with Gasteiger partial charge < -0.3 is 4.74 Å². The van der Waals surface area contributed by atoms with E-state index in [1.807, 2.05) is 6.07 Å². The van der Waals surface area contributed by atoms with Crippen LogP contribution in [0.25, 0.3) is 0 Å². The van der Waals surface area contributed by atoms with E-state index in [9.17, 15) is 14.0 Å². The van der Waals surface area contributed by atoms with Crippen LogP contribution in [0.1, 0.15) is 16.8 Å². The summed E-state index contributed by atoms with van der Waals surface area (Å²) in [7, 11) is 0. The molecule has 0 aromatic heterocycles. The Morgan fingerprint density at radius 3 is 2.67 bits per heavy atom. The molecule has 0 fully saturated rings. The largest absolute Gasteiger partial charge is 0.419 e. The lowest BCUT2D eigenvalue weighted by Crippen LogP contribution is -2.39. The second-order valence-electron chi connectivity index (χ2n) is 4.67. The Labute approximate surface area is 120 Å². The van der Waals surface area contributed by atoms with Crippen molar-refractivity contribution in [3.05, 3.63) is 59.9 Å². The summed E-state index contributed by atoms with van der Waals surface area (Å²) in [6.07, 6.45) is -0.429. The van der Waals surface area contributed by atoms with Crippen molar-refractivity contribution >= 4 is 17.6 Å². The van der Waals surface area contributed by atoms with E-state index in [0.29, 0.717) is 11.4 Å². The van der Waals surface area contributed by atoms with Crippen LogP contribution in [0, 0.1) is 5.82 Å². The Bertz CT molecular complexity index is 700. The van der Waals surface area contributed by atoms with Crippen LogP contribution in [0.3, 0.4) is 0 Å². The van der Waals surface area contributed by atoms with Crippen LogP contribution in [-0.2, 0) is 0 Å². The topological polar surface area (TPSA) is 46.6 Å². The number of amides is 1. The predicted molar refractivity (Wildman–Crippen MR) is 75.2 cm³/mol. The van der Waals surface area contributed by atoms with Gasteiger partial charge in [0.15, 0.2) is 5.78 Å². The molecule has 0 bridgehead atoms. The van der Waals surface area contributed by atoms with Gasteiger partial charge in [-0.15, -0.1) is 0 Å². The van der Waals surface area contributed by atoms with E-state index in [2.05, 4.69) is 0 Å². The fraction of sp³-hybridized carbons (Fsp3) is 0.125. The first-order valence-electron chi connectivity index (χ1n) is 6.52. The lowest BCUT2D eigenvalue weighted by atomic mass is 10.0. The van der Waals surface area contributed by atoms with Gasteiger partial charge >= 0.3 is 6.09 Å². The number of nitrogens with zero attached hydrogens (tertiary/aromatic N) is 1. The van der Waals surface area contributed by atoms with Crippen molar-refractivity contribution in [1.82, 2.24) is 0 Å². The molecule has 0 atom stereocenters. The third-order valence-electron chi connectivity index (χ3n) is 3.28. The number of hydrogen-bond donors (Lipinski definition) is 0. The maximum atomic E-state index is 13.3. The molecule has 0 aliphatic carbocycles. The molecule has 0 saturated heterocycles. The van der Waals surface area contributed by atoms with Crippen LogP contribution in [0.15, 0.2) is 48.5 Å². The first-order chi connectivity index (χ1) is 10.1. The highest BCUT2D eigenvalue weighted by atomic mass is 19.1. The number of ether oxygens (including phenoxy) is 1. The number of anilines is 1. The van der Waals surface area contributed by atoms with Gasteiger partial charge in [-0.2, -0.15) is 0 Å². The molecule has 1 aliphatic rings. The third kappa shape index (κ3) is 2.63. The number of benzene rings is 2. The maximum absolute atomic E-state index is 13.3. The van der Waals surface area contributed by atoms with Gasteiger partial charge in [0.1, 0.15) is 11.6 Å². The monoisotopic (exact) mass is 285 g/mol. The molecule has 1 aliphatic heterocycles. The van der Waals surface area contributed by atoms with E-state index < -0.39 is 11.9 Å². The zero-order chi connectivity index (χ0) is 14.8. The number of carbonyl (C=O) groups is 2. The number of fused-ring (bicyclic) bond motifs is 1. The number of carbonyl (C=O) groups excluding carboxylic acids is 2. The van der Waals surface area contributed by atoms with E-state index in [-0.39, 0.29) is 24.3 Å². The first-order valence-corrected chi connectivity index (χ1v) is 6.52. The third-order valence-corrected chi connectivity index (χ3v) is 3.28. The average molecular weight is 285 g/mol. The quantitative estimate of drug-likeness (QED) is 0.806. The number of rotatable bonds is 1. The Morgan fingerprint density at radius 2 is 1.90 bits per heavy atom. The number of Topliss-reactive ketones (excluding diaryl/α,β-unsaturated/α-hetero) is 1. The Morgan fingerprint density at radius 1 is 1.14 bits per heavy atom. The molecule has 21 heavy (non-hydrogen) atoms. The molecule has 2 aromatic carbocycles. The molecule has 1 heterocycles. The van der Waals surface area contributed by atoms with Crippen LogP contribution in [0.4, 0.5) is 14.9 Å². The van der Waals surface area contributed by atoms with E-state index in [1.54, 1.807) is 24.3 Å². The zero-order valence-electron chi connectivity index (χ0n) is 11.1. The van der Waals surface area contributed by atoms with Gasteiger partial charge in [-0.05, 0) is 30.3 Å². The Kier molecular flexibility index (Phi) is 3.39. The van der Waals surface area contributed by atoms with Gasteiger partial charge in [-0.25, -0.2) is 9.18 Å². The maximum Gasteiger partial charge on any atom is 0.419 e. The predicted octanol–water partition coefficient (Wildman–Crippen LogP) is 3.42. The van der Waals surface area contributed by atoms with Crippen molar-refractivity contribution in [1.29, 1.82) is 0 Å². The van der Waals surface area contributed by atoms with Crippen LogP contribution in [0.2, 0.25) is 0 Å². The van der Waals surface area contributed by atoms with Crippen LogP contribution in [-0.4, -0.2) is 18.4 Å². The lowest BCUT2D eigenvalue weighted by molar-refractivity contribution is 0.0979. The van der Waals surface area contributed by atoms with E-state index >= 15 is 0 Å². The van der Waals surface area contributed by atoms with Gasteiger partial charge in [0, 0.05) is 18.5 Å². The Hall–Kier alpha value is -2.69. The summed E-state index contributed by atoms with van der Waals surface area (Å²) in [5.74, 6) is -0.253. The molecule has 3 rings (SSSR count). The minimum atomic E-state index is -0.582. The van der Waals surface area contributed by atoms with Crippen LogP contribution in [0.5, 0.6) is 5.75 Å². The highest BCUT2D eigenvalue weighted by Gasteiger charge is 2.28. The van der Waals surface area contributed by atoms with Crippen molar-refractivity contribution in [3.8, 4) is 5.75 Å². The molecule has 0 N–H and O–H groups in total. The summed E-state index contributed by atoms with van der Waals surface area (Å²) < 4.78 is 18.5. The summed E-state index contributed by atoms with van der Waals surface area (Å²) in [4.78, 5) is 25.4. The molecular formula is C16H12FNO3. The molecule has 106 valence electrons. The van der Waals surface area contributed by atoms with Crippen molar-refractivity contribution in [2.75, 3.05) is 11.4 Å². The summed E-state index contributed by atoms with van der Waals surface area (Å²) in [6.45, 7) is 0.225. The Balaban J connectivity index is 1.89. The first kappa shape index (κ1) is 13.3. The second-order valence-corrected chi connectivity index (χ2v) is 4.67. The normalized spacial score (nSPS) is 13.8. The van der Waals surface area contributed by atoms with E-state index in [0.717, 1.165) is 6.07 Å². The molecule has 1 amide bonds. The molecule has 4 nitrogen and oxygen atoms in total. The van der Waals surface area contributed by atoms with Gasteiger partial charge in [0.2, 0.25) is 0 Å². The van der Waals surface area contributed by atoms with Gasteiger partial charge in [-0.3, -0.25) is 9.69 Å². The molecule has 5 heteroatoms. The van der Waals surface area contributed by atoms with Crippen molar-refractivity contribution < 1.29 is 18.7 Å². The van der Waals surface area contributed by atoms with Crippen LogP contribution >= 0.6 is 0 Å². The summed E-state index contributed by atoms with van der Waals surface area (Å²) >= 11 is 0. The molecular weight excluding hydrogens is 273 g/mol. The zero-order valence-corrected chi connectivity index (χ0v) is 11.1. The summed E-state index contributed by atoms with van der Waals surface area (Å²) in [5.41, 5.74) is 0.597. The van der Waals surface area contributed by atoms with E-state index in [1.165, 1.54) is 17.0 Å². The highest BCUT2D eigenvalue weighted by molar-refractivity contribution is 6.07. The summed E-state index contributed by atoms with van der Waals surface area (Å²) in [6, 6.07) is 12.5. The van der Waals surface area contributed by atoms with Crippen molar-refractivity contribution in [2.24, 2.45) is 0 Å². The smallest absolute Gasteiger partial charge is 0.410 e. The molecule has 0 radical (unpaired) electrons. The van der Waals surface area contributed by atoms with E-state index in [4.69, 9.17) is 4.74 Å². The minimum absolute atomic E-state index is 0.153. The number of halogens is 1. The minimum Gasteiger partial charge on any atom is -0.410 e. The highest BCUT2D eigenvalue weighted by Crippen LogP contribution is 2.28. The van der Waals surface area contributed by atoms with Crippen molar-refractivity contribution in [2.45, 2.75) is 6.42 Å². The number of ketones is 1. The second kappa shape index (κ2) is 5.36. The van der Waals surface area contributed by atoms with Crippen LogP contribution < -0.4 is 9.64 Å². The van der Waals surface area contributed by atoms with Gasteiger partial charge in [-0.1, -0.05) is 18.2 Å². The SMILES string of the molecule is O=C1CCN(C(=O)Oc2ccccc2)c2ccc(F)cc21. The van der Waals surface area contributed by atoms with Crippen molar-refractivity contribution in [3.63, 3.8) is 0 Å². The molecule has 2 aromatic rings. The standard InChI is InChI=1S/C16H12FNO3/c17-11-6-7-14-13(10-11)15(19)8-9-18(14)16(20)21-12-4-2-1-3-5-12/h1-7,10H,8-9H2. The number of para-hydroxylation sites is 1. The van der Waals surface area contributed by atoms with Gasteiger partial charge in [0.25, 0.3) is 0 Å². The fourth-order valence-electron chi connectivity index (χ4n) is 2.27. The molecule has 0 unspecified atom stereocenters.